The van der Waals surface area contributed by atoms with Gasteiger partial charge in [-0.25, -0.2) is 0 Å². The smallest absolute Gasteiger partial charge is 0.226 e. The highest BCUT2D eigenvalue weighted by atomic mass is 32.1. The molecular weight excluding hydrogens is 310 g/mol. The number of rotatable bonds is 4. The summed E-state index contributed by atoms with van der Waals surface area (Å²) in [6.45, 7) is 1.88. The normalized spacial score (nSPS) is 21.8. The van der Waals surface area contributed by atoms with Crippen molar-refractivity contribution in [2.45, 2.75) is 18.9 Å². The SMILES string of the molecule is CN(Cc1ccsc1)C(=O)C1CC1c1ccc2c(c1)OCCO2. The Morgan fingerprint density at radius 2 is 2.09 bits per heavy atom. The number of fused-ring (bicyclic) bond motifs is 1. The van der Waals surface area contributed by atoms with Gasteiger partial charge in [-0.1, -0.05) is 6.07 Å². The third-order valence-corrected chi connectivity index (χ3v) is 5.21. The molecule has 120 valence electrons. The second kappa shape index (κ2) is 5.89. The highest BCUT2D eigenvalue weighted by Crippen LogP contribution is 2.50. The van der Waals surface area contributed by atoms with Crippen molar-refractivity contribution in [3.05, 3.63) is 46.2 Å². The summed E-state index contributed by atoms with van der Waals surface area (Å²) < 4.78 is 11.2. The van der Waals surface area contributed by atoms with Crippen molar-refractivity contribution < 1.29 is 14.3 Å². The number of carbonyl (C=O) groups is 1. The Labute approximate surface area is 139 Å². The maximum atomic E-state index is 12.6. The summed E-state index contributed by atoms with van der Waals surface area (Å²) in [7, 11) is 1.89. The Morgan fingerprint density at radius 1 is 1.26 bits per heavy atom. The van der Waals surface area contributed by atoms with Gasteiger partial charge in [0.15, 0.2) is 11.5 Å². The van der Waals surface area contributed by atoms with Gasteiger partial charge in [-0.05, 0) is 52.4 Å². The van der Waals surface area contributed by atoms with Gasteiger partial charge in [0.2, 0.25) is 5.91 Å². The molecular formula is C18H19NO3S. The van der Waals surface area contributed by atoms with Gasteiger partial charge in [0, 0.05) is 19.5 Å². The molecule has 1 amide bonds. The molecule has 1 aromatic carbocycles. The molecule has 2 aliphatic rings. The average molecular weight is 329 g/mol. The van der Waals surface area contributed by atoms with Gasteiger partial charge >= 0.3 is 0 Å². The van der Waals surface area contributed by atoms with Crippen LogP contribution in [-0.4, -0.2) is 31.1 Å². The first kappa shape index (κ1) is 14.6. The standard InChI is InChI=1S/C18H19NO3S/c1-19(10-12-4-7-23-11-12)18(20)15-9-14(15)13-2-3-16-17(8-13)22-6-5-21-16/h2-4,7-8,11,14-15H,5-6,9-10H2,1H3. The van der Waals surface area contributed by atoms with Crippen LogP contribution in [0, 0.1) is 5.92 Å². The first-order valence-electron chi connectivity index (χ1n) is 7.88. The first-order chi connectivity index (χ1) is 11.2. The summed E-state index contributed by atoms with van der Waals surface area (Å²) in [5.74, 6) is 2.25. The molecule has 0 saturated heterocycles. The predicted octanol–water partition coefficient (Wildman–Crippen LogP) is 3.28. The zero-order valence-corrected chi connectivity index (χ0v) is 13.8. The van der Waals surface area contributed by atoms with E-state index in [1.54, 1.807) is 11.3 Å². The number of hydrogen-bond acceptors (Lipinski definition) is 4. The minimum Gasteiger partial charge on any atom is -0.486 e. The molecule has 0 N–H and O–H groups in total. The van der Waals surface area contributed by atoms with Gasteiger partial charge in [-0.15, -0.1) is 0 Å². The van der Waals surface area contributed by atoms with Crippen molar-refractivity contribution in [3.63, 3.8) is 0 Å². The van der Waals surface area contributed by atoms with E-state index in [0.717, 1.165) is 17.9 Å². The molecule has 2 atom stereocenters. The summed E-state index contributed by atoms with van der Waals surface area (Å²) in [4.78, 5) is 14.4. The lowest BCUT2D eigenvalue weighted by atomic mass is 10.1. The summed E-state index contributed by atoms with van der Waals surface area (Å²) in [5, 5.41) is 4.14. The number of carbonyl (C=O) groups excluding carboxylic acids is 1. The van der Waals surface area contributed by atoms with Crippen LogP contribution < -0.4 is 9.47 Å². The summed E-state index contributed by atoms with van der Waals surface area (Å²) in [6.07, 6.45) is 0.923. The predicted molar refractivity (Wildman–Crippen MR) is 89.1 cm³/mol. The largest absolute Gasteiger partial charge is 0.486 e. The second-order valence-corrected chi connectivity index (χ2v) is 6.96. The van der Waals surface area contributed by atoms with Crippen molar-refractivity contribution in [2.75, 3.05) is 20.3 Å². The number of thiophene rings is 1. The van der Waals surface area contributed by atoms with Crippen molar-refractivity contribution in [1.29, 1.82) is 0 Å². The van der Waals surface area contributed by atoms with Crippen LogP contribution in [0.1, 0.15) is 23.5 Å². The highest BCUT2D eigenvalue weighted by Gasteiger charge is 2.45. The molecule has 0 radical (unpaired) electrons. The van der Waals surface area contributed by atoms with Crippen LogP contribution in [0.15, 0.2) is 35.0 Å². The lowest BCUT2D eigenvalue weighted by Gasteiger charge is -2.19. The maximum absolute atomic E-state index is 12.6. The van der Waals surface area contributed by atoms with E-state index in [0.29, 0.717) is 25.7 Å². The molecule has 1 saturated carbocycles. The summed E-state index contributed by atoms with van der Waals surface area (Å²) in [6, 6.07) is 8.12. The van der Waals surface area contributed by atoms with Gasteiger partial charge in [-0.2, -0.15) is 11.3 Å². The van der Waals surface area contributed by atoms with Crippen molar-refractivity contribution in [3.8, 4) is 11.5 Å². The van der Waals surface area contributed by atoms with E-state index in [9.17, 15) is 4.79 Å². The molecule has 1 fully saturated rings. The Morgan fingerprint density at radius 3 is 2.87 bits per heavy atom. The van der Waals surface area contributed by atoms with Gasteiger partial charge in [0.1, 0.15) is 13.2 Å². The summed E-state index contributed by atoms with van der Waals surface area (Å²) >= 11 is 1.66. The molecule has 2 heterocycles. The zero-order valence-electron chi connectivity index (χ0n) is 13.0. The molecule has 23 heavy (non-hydrogen) atoms. The lowest BCUT2D eigenvalue weighted by Crippen LogP contribution is -2.27. The van der Waals surface area contributed by atoms with E-state index in [2.05, 4.69) is 17.5 Å². The Kier molecular flexibility index (Phi) is 3.73. The molecule has 2 unspecified atom stereocenters. The summed E-state index contributed by atoms with van der Waals surface area (Å²) in [5.41, 5.74) is 2.37. The number of nitrogens with zero attached hydrogens (tertiary/aromatic N) is 1. The van der Waals surface area contributed by atoms with Crippen LogP contribution in [-0.2, 0) is 11.3 Å². The van der Waals surface area contributed by atoms with E-state index in [1.807, 2.05) is 29.5 Å². The number of hydrogen-bond donors (Lipinski definition) is 0. The average Bonchev–Trinajstić information content (AvgIpc) is 3.22. The Balaban J connectivity index is 1.42. The van der Waals surface area contributed by atoms with Crippen LogP contribution >= 0.6 is 11.3 Å². The minimum atomic E-state index is 0.0983. The van der Waals surface area contributed by atoms with E-state index < -0.39 is 0 Å². The lowest BCUT2D eigenvalue weighted by molar-refractivity contribution is -0.131. The van der Waals surface area contributed by atoms with Crippen molar-refractivity contribution >= 4 is 17.2 Å². The van der Waals surface area contributed by atoms with E-state index in [1.165, 1.54) is 11.1 Å². The molecule has 2 aromatic rings. The molecule has 0 spiro atoms. The third-order valence-electron chi connectivity index (χ3n) is 4.48. The fraction of sp³-hybridized carbons (Fsp3) is 0.389. The highest BCUT2D eigenvalue weighted by molar-refractivity contribution is 7.07. The molecule has 1 aromatic heterocycles. The molecule has 1 aliphatic heterocycles. The molecule has 1 aliphatic carbocycles. The number of ether oxygens (including phenoxy) is 2. The van der Waals surface area contributed by atoms with Crippen LogP contribution in [0.4, 0.5) is 0 Å². The van der Waals surface area contributed by atoms with Crippen molar-refractivity contribution in [2.24, 2.45) is 5.92 Å². The Bertz CT molecular complexity index is 713. The molecule has 0 bridgehead atoms. The molecule has 5 heteroatoms. The quantitative estimate of drug-likeness (QED) is 0.864. The maximum Gasteiger partial charge on any atom is 0.226 e. The first-order valence-corrected chi connectivity index (χ1v) is 8.82. The van der Waals surface area contributed by atoms with Crippen LogP contribution in [0.2, 0.25) is 0 Å². The zero-order chi connectivity index (χ0) is 15.8. The topological polar surface area (TPSA) is 38.8 Å². The van der Waals surface area contributed by atoms with Crippen LogP contribution in [0.25, 0.3) is 0 Å². The Hall–Kier alpha value is -2.01. The van der Waals surface area contributed by atoms with Gasteiger partial charge in [0.25, 0.3) is 0 Å². The van der Waals surface area contributed by atoms with E-state index in [-0.39, 0.29) is 11.8 Å². The molecule has 4 rings (SSSR count). The van der Waals surface area contributed by atoms with E-state index in [4.69, 9.17) is 9.47 Å². The third kappa shape index (κ3) is 2.93. The van der Waals surface area contributed by atoms with E-state index >= 15 is 0 Å². The fourth-order valence-corrected chi connectivity index (χ4v) is 3.80. The van der Waals surface area contributed by atoms with Gasteiger partial charge in [0.05, 0.1) is 0 Å². The number of benzene rings is 1. The molecule has 4 nitrogen and oxygen atoms in total. The van der Waals surface area contributed by atoms with Crippen LogP contribution in [0.5, 0.6) is 11.5 Å². The fourth-order valence-electron chi connectivity index (χ4n) is 3.14. The monoisotopic (exact) mass is 329 g/mol. The second-order valence-electron chi connectivity index (χ2n) is 6.18. The minimum absolute atomic E-state index is 0.0983. The van der Waals surface area contributed by atoms with Crippen LogP contribution in [0.3, 0.4) is 0 Å². The number of amides is 1. The van der Waals surface area contributed by atoms with Gasteiger partial charge in [-0.3, -0.25) is 4.79 Å². The van der Waals surface area contributed by atoms with Gasteiger partial charge < -0.3 is 14.4 Å². The van der Waals surface area contributed by atoms with Crippen molar-refractivity contribution in [1.82, 2.24) is 4.90 Å².